The van der Waals surface area contributed by atoms with Gasteiger partial charge in [-0.3, -0.25) is 0 Å². The lowest BCUT2D eigenvalue weighted by molar-refractivity contribution is 0.497. The SMILES string of the molecule is Cc1ccc(S(=O)(=O)NC2CCC2=C(c2ccccc2)c2ccccc2)cc1. The molecule has 0 bridgehead atoms. The van der Waals surface area contributed by atoms with Crippen LogP contribution in [0.4, 0.5) is 0 Å². The van der Waals surface area contributed by atoms with E-state index in [1.165, 1.54) is 0 Å². The number of hydrogen-bond donors (Lipinski definition) is 1. The van der Waals surface area contributed by atoms with Gasteiger partial charge in [0.25, 0.3) is 0 Å². The van der Waals surface area contributed by atoms with Crippen LogP contribution in [0.1, 0.15) is 29.5 Å². The van der Waals surface area contributed by atoms with Crippen molar-refractivity contribution in [2.45, 2.75) is 30.7 Å². The Morgan fingerprint density at radius 3 is 1.82 bits per heavy atom. The summed E-state index contributed by atoms with van der Waals surface area (Å²) in [6.45, 7) is 1.95. The van der Waals surface area contributed by atoms with E-state index in [1.807, 2.05) is 55.5 Å². The Labute approximate surface area is 166 Å². The van der Waals surface area contributed by atoms with E-state index in [0.29, 0.717) is 4.90 Å². The molecule has 4 heteroatoms. The van der Waals surface area contributed by atoms with Gasteiger partial charge in [0.2, 0.25) is 10.0 Å². The Morgan fingerprint density at radius 2 is 1.36 bits per heavy atom. The fourth-order valence-electron chi connectivity index (χ4n) is 3.58. The second-order valence-corrected chi connectivity index (χ2v) is 8.87. The van der Waals surface area contributed by atoms with Crippen LogP contribution in [0.2, 0.25) is 0 Å². The molecule has 1 atom stereocenters. The number of sulfonamides is 1. The van der Waals surface area contributed by atoms with Crippen molar-refractivity contribution in [1.29, 1.82) is 0 Å². The number of nitrogens with one attached hydrogen (secondary N) is 1. The van der Waals surface area contributed by atoms with E-state index in [1.54, 1.807) is 12.1 Å². The van der Waals surface area contributed by atoms with Crippen molar-refractivity contribution < 1.29 is 8.42 Å². The van der Waals surface area contributed by atoms with Crippen molar-refractivity contribution in [2.24, 2.45) is 0 Å². The first-order valence-electron chi connectivity index (χ1n) is 9.47. The van der Waals surface area contributed by atoms with Gasteiger partial charge in [0.15, 0.2) is 0 Å². The lowest BCUT2D eigenvalue weighted by Crippen LogP contribution is -2.42. The van der Waals surface area contributed by atoms with E-state index in [4.69, 9.17) is 0 Å². The van der Waals surface area contributed by atoms with Crippen molar-refractivity contribution in [3.63, 3.8) is 0 Å². The van der Waals surface area contributed by atoms with Crippen LogP contribution < -0.4 is 4.72 Å². The zero-order chi connectivity index (χ0) is 19.6. The first-order valence-corrected chi connectivity index (χ1v) is 11.0. The molecule has 3 aromatic carbocycles. The molecule has 0 amide bonds. The molecule has 0 saturated heterocycles. The van der Waals surface area contributed by atoms with Crippen molar-refractivity contribution in [1.82, 2.24) is 4.72 Å². The van der Waals surface area contributed by atoms with Gasteiger partial charge in [-0.15, -0.1) is 0 Å². The molecule has 1 aliphatic carbocycles. The molecule has 1 unspecified atom stereocenters. The Bertz CT molecular complexity index is 1040. The van der Waals surface area contributed by atoms with Crippen molar-refractivity contribution in [3.05, 3.63) is 107 Å². The zero-order valence-corrected chi connectivity index (χ0v) is 16.6. The third kappa shape index (κ3) is 3.79. The van der Waals surface area contributed by atoms with Crippen LogP contribution in [0.25, 0.3) is 5.57 Å². The molecule has 0 radical (unpaired) electrons. The summed E-state index contributed by atoms with van der Waals surface area (Å²) in [6, 6.07) is 27.2. The summed E-state index contributed by atoms with van der Waals surface area (Å²) >= 11 is 0. The molecule has 1 N–H and O–H groups in total. The second-order valence-electron chi connectivity index (χ2n) is 7.16. The van der Waals surface area contributed by atoms with E-state index in [9.17, 15) is 8.42 Å². The average molecular weight is 390 g/mol. The highest BCUT2D eigenvalue weighted by atomic mass is 32.2. The minimum atomic E-state index is -3.55. The van der Waals surface area contributed by atoms with E-state index in [-0.39, 0.29) is 6.04 Å². The van der Waals surface area contributed by atoms with Crippen LogP contribution in [0, 0.1) is 6.92 Å². The third-order valence-electron chi connectivity index (χ3n) is 5.20. The normalized spacial score (nSPS) is 16.5. The summed E-state index contributed by atoms with van der Waals surface area (Å²) in [5.74, 6) is 0. The van der Waals surface area contributed by atoms with Gasteiger partial charge in [-0.25, -0.2) is 13.1 Å². The second kappa shape index (κ2) is 7.74. The summed E-state index contributed by atoms with van der Waals surface area (Å²) in [7, 11) is -3.55. The van der Waals surface area contributed by atoms with Gasteiger partial charge in [0, 0.05) is 6.04 Å². The van der Waals surface area contributed by atoms with Crippen LogP contribution in [0.3, 0.4) is 0 Å². The number of benzene rings is 3. The highest BCUT2D eigenvalue weighted by molar-refractivity contribution is 7.89. The highest BCUT2D eigenvalue weighted by Gasteiger charge is 2.32. The standard InChI is InChI=1S/C24H23NO2S/c1-18-12-14-21(15-13-18)28(26,27)25-23-17-16-22(23)24(19-8-4-2-5-9-19)20-10-6-3-7-11-20/h2-15,23,25H,16-17H2,1H3. The summed E-state index contributed by atoms with van der Waals surface area (Å²) in [5, 5.41) is 0. The van der Waals surface area contributed by atoms with Gasteiger partial charge in [0.1, 0.15) is 0 Å². The molecule has 1 saturated carbocycles. The van der Waals surface area contributed by atoms with Crippen LogP contribution in [-0.4, -0.2) is 14.5 Å². The lowest BCUT2D eigenvalue weighted by atomic mass is 9.79. The average Bonchev–Trinajstić information content (AvgIpc) is 2.71. The van der Waals surface area contributed by atoms with Crippen molar-refractivity contribution >= 4 is 15.6 Å². The van der Waals surface area contributed by atoms with E-state index >= 15 is 0 Å². The molecule has 3 nitrogen and oxygen atoms in total. The molecule has 1 fully saturated rings. The summed E-state index contributed by atoms with van der Waals surface area (Å²) in [5.41, 5.74) is 5.54. The van der Waals surface area contributed by atoms with Crippen molar-refractivity contribution in [3.8, 4) is 0 Å². The van der Waals surface area contributed by atoms with Gasteiger partial charge in [-0.1, -0.05) is 78.4 Å². The Morgan fingerprint density at radius 1 is 0.821 bits per heavy atom. The summed E-state index contributed by atoms with van der Waals surface area (Å²) < 4.78 is 28.6. The fourth-order valence-corrected chi connectivity index (χ4v) is 4.85. The zero-order valence-electron chi connectivity index (χ0n) is 15.8. The van der Waals surface area contributed by atoms with Crippen molar-refractivity contribution in [2.75, 3.05) is 0 Å². The molecule has 0 heterocycles. The van der Waals surface area contributed by atoms with Gasteiger partial charge in [-0.2, -0.15) is 0 Å². The maximum Gasteiger partial charge on any atom is 0.241 e. The Kier molecular flexibility index (Phi) is 5.16. The summed E-state index contributed by atoms with van der Waals surface area (Å²) in [4.78, 5) is 0.310. The quantitative estimate of drug-likeness (QED) is 0.672. The maximum atomic E-state index is 12.9. The van der Waals surface area contributed by atoms with Crippen LogP contribution in [0.15, 0.2) is 95.4 Å². The molecule has 1 aliphatic rings. The molecule has 4 rings (SSSR count). The molecule has 0 spiro atoms. The topological polar surface area (TPSA) is 46.2 Å². The van der Waals surface area contributed by atoms with E-state index in [2.05, 4.69) is 29.0 Å². The maximum absolute atomic E-state index is 12.9. The Balaban J connectivity index is 1.71. The number of hydrogen-bond acceptors (Lipinski definition) is 2. The van der Waals surface area contributed by atoms with Gasteiger partial charge in [0.05, 0.1) is 4.90 Å². The molecule has 0 aromatic heterocycles. The monoisotopic (exact) mass is 389 g/mol. The highest BCUT2D eigenvalue weighted by Crippen LogP contribution is 2.38. The van der Waals surface area contributed by atoms with E-state index in [0.717, 1.165) is 40.7 Å². The smallest absolute Gasteiger partial charge is 0.207 e. The Hall–Kier alpha value is -2.69. The predicted octanol–water partition coefficient (Wildman–Crippen LogP) is 4.94. The molecule has 142 valence electrons. The number of rotatable bonds is 5. The predicted molar refractivity (Wildman–Crippen MR) is 113 cm³/mol. The van der Waals surface area contributed by atoms with Gasteiger partial charge < -0.3 is 0 Å². The molecule has 0 aliphatic heterocycles. The summed E-state index contributed by atoms with van der Waals surface area (Å²) in [6.07, 6.45) is 1.70. The molecule has 3 aromatic rings. The molecular weight excluding hydrogens is 366 g/mol. The van der Waals surface area contributed by atoms with E-state index < -0.39 is 10.0 Å². The minimum absolute atomic E-state index is 0.179. The van der Waals surface area contributed by atoms with Crippen LogP contribution >= 0.6 is 0 Å². The first-order chi connectivity index (χ1) is 13.5. The van der Waals surface area contributed by atoms with Gasteiger partial charge in [-0.05, 0) is 54.2 Å². The minimum Gasteiger partial charge on any atom is -0.207 e. The molecule has 28 heavy (non-hydrogen) atoms. The third-order valence-corrected chi connectivity index (χ3v) is 6.69. The number of aryl methyl sites for hydroxylation is 1. The molecular formula is C24H23NO2S. The van der Waals surface area contributed by atoms with Crippen LogP contribution in [0.5, 0.6) is 0 Å². The first kappa shape index (κ1) is 18.7. The fraction of sp³-hybridized carbons (Fsp3) is 0.167. The van der Waals surface area contributed by atoms with Gasteiger partial charge >= 0.3 is 0 Å². The largest absolute Gasteiger partial charge is 0.241 e. The lowest BCUT2D eigenvalue weighted by Gasteiger charge is -2.33. The van der Waals surface area contributed by atoms with Crippen LogP contribution in [-0.2, 0) is 10.0 Å².